The highest BCUT2D eigenvalue weighted by atomic mass is 32.1. The Balaban J connectivity index is 0. The fourth-order valence-corrected chi connectivity index (χ4v) is 3.44. The Morgan fingerprint density at radius 3 is 1.61 bits per heavy atom. The first-order chi connectivity index (χ1) is 18.0. The molecule has 3 aromatic carbocycles. The van der Waals surface area contributed by atoms with Crippen LogP contribution in [0.5, 0.6) is 0 Å². The van der Waals surface area contributed by atoms with Crippen LogP contribution in [0.3, 0.4) is 0 Å². The highest BCUT2D eigenvalue weighted by molar-refractivity contribution is 7.78. The second kappa shape index (κ2) is 22.6. The summed E-state index contributed by atoms with van der Waals surface area (Å²) in [5, 5.41) is 2.88. The second-order valence-corrected chi connectivity index (χ2v) is 10.4. The van der Waals surface area contributed by atoms with Crippen molar-refractivity contribution >= 4 is 38.2 Å². The minimum absolute atomic E-state index is 0.566. The Morgan fingerprint density at radius 2 is 1.29 bits per heavy atom. The van der Waals surface area contributed by atoms with Crippen molar-refractivity contribution in [2.45, 2.75) is 88.5 Å². The van der Waals surface area contributed by atoms with Gasteiger partial charge in [0, 0.05) is 0 Å². The van der Waals surface area contributed by atoms with Gasteiger partial charge in [0.15, 0.2) is 0 Å². The van der Waals surface area contributed by atoms with Crippen molar-refractivity contribution in [3.63, 3.8) is 0 Å². The molecule has 38 heavy (non-hydrogen) atoms. The van der Waals surface area contributed by atoms with E-state index in [1.807, 2.05) is 39.0 Å². The van der Waals surface area contributed by atoms with Crippen LogP contribution in [-0.2, 0) is 0 Å². The standard InChI is InChI=1S/C17H25P.C8H10.C7H8.C2H4S.C2H6/c1-7-14(11(2)3)9-16-10-15(12(4)5)8-13(6)17(16)18;1-7-3-5-8(2)6-4-7;1-7-5-3-2-4-6-7;1-2-3;1-2/h8-10,12H,2,7,18H2,1,3-6H3;3-6H,1-2H3;2-6H,1H3;2H,1H3;1-2H3/b14-9+;;;;. The Kier molecular flexibility index (Phi) is 22.5. The van der Waals surface area contributed by atoms with Gasteiger partial charge in [-0.2, -0.15) is 0 Å². The van der Waals surface area contributed by atoms with E-state index >= 15 is 0 Å². The first kappa shape index (κ1) is 37.8. The van der Waals surface area contributed by atoms with Gasteiger partial charge in [-0.1, -0.05) is 148 Å². The van der Waals surface area contributed by atoms with E-state index in [2.05, 4.69) is 138 Å². The lowest BCUT2D eigenvalue weighted by molar-refractivity contribution is 0.865. The molecule has 208 valence electrons. The van der Waals surface area contributed by atoms with Gasteiger partial charge in [-0.05, 0) is 86.8 Å². The van der Waals surface area contributed by atoms with Gasteiger partial charge in [0.1, 0.15) is 0 Å². The lowest BCUT2D eigenvalue weighted by Gasteiger charge is -2.13. The topological polar surface area (TPSA) is 0 Å². The largest absolute Gasteiger partial charge is 0.105 e. The van der Waals surface area contributed by atoms with E-state index in [1.54, 1.807) is 5.37 Å². The van der Waals surface area contributed by atoms with E-state index in [1.165, 1.54) is 44.3 Å². The molecule has 1 unspecified atom stereocenters. The summed E-state index contributed by atoms with van der Waals surface area (Å²) in [6, 6.07) is 23.3. The summed E-state index contributed by atoms with van der Waals surface area (Å²) in [5.74, 6) is 0.566. The third-order valence-corrected chi connectivity index (χ3v) is 6.31. The Hall–Kier alpha value is -2.34. The summed E-state index contributed by atoms with van der Waals surface area (Å²) >= 11 is 4.27. The molecule has 3 rings (SSSR count). The fraction of sp³-hybridized carbons (Fsp3) is 0.361. The molecule has 0 fully saturated rings. The Morgan fingerprint density at radius 1 is 0.868 bits per heavy atom. The molecule has 2 heteroatoms. The van der Waals surface area contributed by atoms with Crippen LogP contribution in [0.4, 0.5) is 0 Å². The zero-order chi connectivity index (χ0) is 29.7. The van der Waals surface area contributed by atoms with Crippen LogP contribution in [0.1, 0.15) is 94.2 Å². The first-order valence-corrected chi connectivity index (χ1v) is 14.7. The number of thiocarbonyl (C=S) groups is 1. The molecule has 0 saturated heterocycles. The third kappa shape index (κ3) is 17.2. The smallest absolute Gasteiger partial charge is 0.0177 e. The van der Waals surface area contributed by atoms with Gasteiger partial charge >= 0.3 is 0 Å². The van der Waals surface area contributed by atoms with Crippen molar-refractivity contribution < 1.29 is 0 Å². The molecule has 0 aliphatic heterocycles. The van der Waals surface area contributed by atoms with Crippen molar-refractivity contribution in [1.82, 2.24) is 0 Å². The lowest BCUT2D eigenvalue weighted by Crippen LogP contribution is -2.05. The molecule has 0 nitrogen and oxygen atoms in total. The molecule has 0 N–H and O–H groups in total. The van der Waals surface area contributed by atoms with Gasteiger partial charge < -0.3 is 0 Å². The summed E-state index contributed by atoms with van der Waals surface area (Å²) in [5.41, 5.74) is 10.5. The fourth-order valence-electron chi connectivity index (χ4n) is 3.19. The van der Waals surface area contributed by atoms with Crippen molar-refractivity contribution in [2.75, 3.05) is 0 Å². The minimum Gasteiger partial charge on any atom is -0.105 e. The van der Waals surface area contributed by atoms with Crippen LogP contribution >= 0.6 is 21.5 Å². The Bertz CT molecular complexity index is 1050. The molecular formula is C36H53PS. The normalized spacial score (nSPS) is 9.76. The molecule has 0 spiro atoms. The van der Waals surface area contributed by atoms with Gasteiger partial charge in [0.25, 0.3) is 0 Å². The predicted molar refractivity (Wildman–Crippen MR) is 185 cm³/mol. The molecular weight excluding hydrogens is 495 g/mol. The zero-order valence-electron chi connectivity index (χ0n) is 26.0. The van der Waals surface area contributed by atoms with Crippen LogP contribution < -0.4 is 5.30 Å². The summed E-state index contributed by atoms with van der Waals surface area (Å²) in [6.07, 6.45) is 3.31. The van der Waals surface area contributed by atoms with Gasteiger partial charge in [-0.3, -0.25) is 0 Å². The summed E-state index contributed by atoms with van der Waals surface area (Å²) < 4.78 is 0. The molecule has 0 aromatic heterocycles. The van der Waals surface area contributed by atoms with Gasteiger partial charge in [0.05, 0.1) is 0 Å². The maximum atomic E-state index is 4.27. The van der Waals surface area contributed by atoms with Crippen molar-refractivity contribution in [1.29, 1.82) is 0 Å². The van der Waals surface area contributed by atoms with Crippen LogP contribution in [0, 0.1) is 27.7 Å². The second-order valence-electron chi connectivity index (χ2n) is 9.34. The van der Waals surface area contributed by atoms with Gasteiger partial charge in [-0.15, -0.1) is 9.24 Å². The maximum absolute atomic E-state index is 4.27. The van der Waals surface area contributed by atoms with Crippen LogP contribution in [0.25, 0.3) is 6.08 Å². The number of hydrogen-bond acceptors (Lipinski definition) is 1. The number of aryl methyl sites for hydroxylation is 4. The molecule has 1 atom stereocenters. The van der Waals surface area contributed by atoms with E-state index < -0.39 is 0 Å². The minimum atomic E-state index is 0.566. The first-order valence-electron chi connectivity index (χ1n) is 13.7. The molecule has 0 radical (unpaired) electrons. The highest BCUT2D eigenvalue weighted by Crippen LogP contribution is 2.22. The molecule has 0 aliphatic carbocycles. The van der Waals surface area contributed by atoms with E-state index in [9.17, 15) is 0 Å². The van der Waals surface area contributed by atoms with Crippen molar-refractivity contribution in [3.8, 4) is 0 Å². The third-order valence-electron chi connectivity index (χ3n) is 5.53. The lowest BCUT2D eigenvalue weighted by atomic mass is 9.95. The monoisotopic (exact) mass is 548 g/mol. The number of rotatable bonds is 4. The molecule has 0 bridgehead atoms. The average molecular weight is 549 g/mol. The van der Waals surface area contributed by atoms with Gasteiger partial charge in [-0.25, -0.2) is 0 Å². The van der Waals surface area contributed by atoms with Crippen LogP contribution in [0.15, 0.2) is 84.5 Å². The van der Waals surface area contributed by atoms with Gasteiger partial charge in [0.2, 0.25) is 0 Å². The van der Waals surface area contributed by atoms with E-state index in [-0.39, 0.29) is 0 Å². The SMILES string of the molecule is C=C(C)/C(=C/c1cc(C(C)C)cc(C)c1P)CC.CC.CC=S.Cc1ccc(C)cc1.Cc1ccccc1. The number of benzene rings is 3. The quantitative estimate of drug-likeness (QED) is 0.177. The maximum Gasteiger partial charge on any atom is -0.0177 e. The summed E-state index contributed by atoms with van der Waals surface area (Å²) in [6.45, 7) is 27.1. The Labute approximate surface area is 243 Å². The molecule has 0 saturated carbocycles. The molecule has 0 aliphatic rings. The van der Waals surface area contributed by atoms with E-state index in [0.29, 0.717) is 5.92 Å². The van der Waals surface area contributed by atoms with E-state index in [4.69, 9.17) is 0 Å². The number of allylic oxidation sites excluding steroid dienone is 2. The molecule has 3 aromatic rings. The predicted octanol–water partition coefficient (Wildman–Crippen LogP) is 11.3. The zero-order valence-corrected chi connectivity index (χ0v) is 28.0. The van der Waals surface area contributed by atoms with Crippen LogP contribution in [-0.4, -0.2) is 5.37 Å². The number of hydrogen-bond donors (Lipinski definition) is 0. The highest BCUT2D eigenvalue weighted by Gasteiger charge is 2.07. The van der Waals surface area contributed by atoms with E-state index in [0.717, 1.165) is 12.0 Å². The molecule has 0 amide bonds. The van der Waals surface area contributed by atoms with Crippen molar-refractivity contribution in [2.24, 2.45) is 0 Å². The molecule has 0 heterocycles. The van der Waals surface area contributed by atoms with Crippen molar-refractivity contribution in [3.05, 3.63) is 118 Å². The summed E-state index contributed by atoms with van der Waals surface area (Å²) in [4.78, 5) is 0. The summed E-state index contributed by atoms with van der Waals surface area (Å²) in [7, 11) is 2.87. The van der Waals surface area contributed by atoms with Crippen LogP contribution in [0.2, 0.25) is 0 Å². The average Bonchev–Trinajstić information content (AvgIpc) is 2.89.